The van der Waals surface area contributed by atoms with E-state index in [2.05, 4.69) is 13.8 Å². The number of rotatable bonds is 18. The standard InChI is InChI=1S/C21H43Cl/c1-3-5-7-9-11-12-14-16-18-20-21(22)19-17-15-13-10-8-6-4-2/h21H,3-20H2,1-2H3. The van der Waals surface area contributed by atoms with Crippen molar-refractivity contribution in [1.29, 1.82) is 0 Å². The lowest BCUT2D eigenvalue weighted by Crippen LogP contribution is -1.98. The van der Waals surface area contributed by atoms with Gasteiger partial charge in [-0.25, -0.2) is 0 Å². The van der Waals surface area contributed by atoms with Gasteiger partial charge in [0.15, 0.2) is 0 Å². The maximum atomic E-state index is 6.44. The van der Waals surface area contributed by atoms with Crippen LogP contribution < -0.4 is 0 Å². The molecule has 0 aromatic carbocycles. The van der Waals surface area contributed by atoms with Crippen LogP contribution in [0.25, 0.3) is 0 Å². The van der Waals surface area contributed by atoms with Gasteiger partial charge >= 0.3 is 0 Å². The summed E-state index contributed by atoms with van der Waals surface area (Å²) in [5.41, 5.74) is 0. The van der Waals surface area contributed by atoms with Gasteiger partial charge in [-0.2, -0.15) is 0 Å². The Hall–Kier alpha value is 0.290. The molecule has 0 aliphatic carbocycles. The van der Waals surface area contributed by atoms with Crippen molar-refractivity contribution in [2.24, 2.45) is 0 Å². The van der Waals surface area contributed by atoms with Crippen molar-refractivity contribution in [3.63, 3.8) is 0 Å². The van der Waals surface area contributed by atoms with Crippen LogP contribution in [0.2, 0.25) is 0 Å². The molecule has 0 aliphatic rings. The highest BCUT2D eigenvalue weighted by molar-refractivity contribution is 6.20. The number of unbranched alkanes of at least 4 members (excludes halogenated alkanes) is 14. The zero-order chi connectivity index (χ0) is 16.3. The predicted molar refractivity (Wildman–Crippen MR) is 104 cm³/mol. The quantitative estimate of drug-likeness (QED) is 0.174. The van der Waals surface area contributed by atoms with Gasteiger partial charge in [0.05, 0.1) is 0 Å². The molecule has 0 amide bonds. The summed E-state index contributed by atoms with van der Waals surface area (Å²) in [4.78, 5) is 0. The predicted octanol–water partition coefficient (Wildman–Crippen LogP) is 8.66. The van der Waals surface area contributed by atoms with Gasteiger partial charge in [-0.05, 0) is 12.8 Å². The van der Waals surface area contributed by atoms with Crippen molar-refractivity contribution in [2.75, 3.05) is 0 Å². The minimum atomic E-state index is 0.445. The maximum absolute atomic E-state index is 6.44. The second-order valence-electron chi connectivity index (χ2n) is 7.12. The molecule has 0 aromatic heterocycles. The third-order valence-electron chi connectivity index (χ3n) is 4.74. The van der Waals surface area contributed by atoms with Gasteiger partial charge in [-0.3, -0.25) is 0 Å². The Bertz CT molecular complexity index is 190. The zero-order valence-corrected chi connectivity index (χ0v) is 16.4. The van der Waals surface area contributed by atoms with Crippen LogP contribution in [0.15, 0.2) is 0 Å². The van der Waals surface area contributed by atoms with E-state index in [1.54, 1.807) is 0 Å². The second kappa shape index (κ2) is 19.3. The molecule has 134 valence electrons. The average Bonchev–Trinajstić information content (AvgIpc) is 2.52. The van der Waals surface area contributed by atoms with Crippen molar-refractivity contribution in [2.45, 2.75) is 135 Å². The number of halogens is 1. The van der Waals surface area contributed by atoms with E-state index in [1.807, 2.05) is 0 Å². The lowest BCUT2D eigenvalue weighted by atomic mass is 10.0. The summed E-state index contributed by atoms with van der Waals surface area (Å²) in [6.07, 6.45) is 25.0. The van der Waals surface area contributed by atoms with Gasteiger partial charge in [0.25, 0.3) is 0 Å². The van der Waals surface area contributed by atoms with Gasteiger partial charge in [0, 0.05) is 5.38 Å². The highest BCUT2D eigenvalue weighted by Crippen LogP contribution is 2.18. The lowest BCUT2D eigenvalue weighted by Gasteiger charge is -2.09. The molecule has 0 N–H and O–H groups in total. The van der Waals surface area contributed by atoms with Crippen molar-refractivity contribution < 1.29 is 0 Å². The molecule has 0 saturated carbocycles. The monoisotopic (exact) mass is 330 g/mol. The minimum absolute atomic E-state index is 0.445. The first-order valence-electron chi connectivity index (χ1n) is 10.4. The fourth-order valence-corrected chi connectivity index (χ4v) is 3.45. The van der Waals surface area contributed by atoms with Crippen molar-refractivity contribution >= 4 is 11.6 Å². The van der Waals surface area contributed by atoms with Crippen LogP contribution in [0.5, 0.6) is 0 Å². The summed E-state index contributed by atoms with van der Waals surface area (Å²) in [7, 11) is 0. The third-order valence-corrected chi connectivity index (χ3v) is 5.18. The molecule has 1 unspecified atom stereocenters. The van der Waals surface area contributed by atoms with Crippen molar-refractivity contribution in [3.05, 3.63) is 0 Å². The van der Waals surface area contributed by atoms with Crippen LogP contribution in [-0.4, -0.2) is 5.38 Å². The Morgan fingerprint density at radius 3 is 1.05 bits per heavy atom. The fraction of sp³-hybridized carbons (Fsp3) is 1.00. The molecular formula is C21H43Cl. The molecule has 0 fully saturated rings. The molecule has 1 heteroatoms. The van der Waals surface area contributed by atoms with E-state index in [1.165, 1.54) is 116 Å². The Labute approximate surface area is 146 Å². The van der Waals surface area contributed by atoms with Crippen molar-refractivity contribution in [1.82, 2.24) is 0 Å². The second-order valence-corrected chi connectivity index (χ2v) is 7.74. The summed E-state index contributed by atoms with van der Waals surface area (Å²) in [5.74, 6) is 0. The van der Waals surface area contributed by atoms with E-state index >= 15 is 0 Å². The Kier molecular flexibility index (Phi) is 19.6. The Balaban J connectivity index is 3.11. The first-order valence-corrected chi connectivity index (χ1v) is 10.9. The van der Waals surface area contributed by atoms with E-state index in [0.29, 0.717) is 5.38 Å². The van der Waals surface area contributed by atoms with Crippen LogP contribution in [0.4, 0.5) is 0 Å². The molecule has 0 rings (SSSR count). The smallest absolute Gasteiger partial charge is 0.0336 e. The van der Waals surface area contributed by atoms with Crippen LogP contribution >= 0.6 is 11.6 Å². The van der Waals surface area contributed by atoms with Gasteiger partial charge in [-0.15, -0.1) is 11.6 Å². The topological polar surface area (TPSA) is 0 Å². The largest absolute Gasteiger partial charge is 0.123 e. The number of hydrogen-bond acceptors (Lipinski definition) is 0. The average molecular weight is 331 g/mol. The van der Waals surface area contributed by atoms with Gasteiger partial charge in [0.1, 0.15) is 0 Å². The highest BCUT2D eigenvalue weighted by Gasteiger charge is 2.04. The molecule has 0 heterocycles. The van der Waals surface area contributed by atoms with Gasteiger partial charge < -0.3 is 0 Å². The Morgan fingerprint density at radius 1 is 0.455 bits per heavy atom. The SMILES string of the molecule is CCCCCCCCCCCC(Cl)CCCCCCCCC. The van der Waals surface area contributed by atoms with Gasteiger partial charge in [0.2, 0.25) is 0 Å². The van der Waals surface area contributed by atoms with Crippen molar-refractivity contribution in [3.8, 4) is 0 Å². The highest BCUT2D eigenvalue weighted by atomic mass is 35.5. The lowest BCUT2D eigenvalue weighted by molar-refractivity contribution is 0.528. The molecule has 1 atom stereocenters. The maximum Gasteiger partial charge on any atom is 0.0336 e. The summed E-state index contributed by atoms with van der Waals surface area (Å²) in [6, 6.07) is 0. The molecule has 0 spiro atoms. The molecule has 0 aromatic rings. The first-order chi connectivity index (χ1) is 10.8. The third kappa shape index (κ3) is 18.3. The fourth-order valence-electron chi connectivity index (χ4n) is 3.14. The van der Waals surface area contributed by atoms with E-state index < -0.39 is 0 Å². The summed E-state index contributed by atoms with van der Waals surface area (Å²) >= 11 is 6.44. The molecule has 0 bridgehead atoms. The molecule has 0 nitrogen and oxygen atoms in total. The summed E-state index contributed by atoms with van der Waals surface area (Å²) in [6.45, 7) is 4.57. The molecule has 0 radical (unpaired) electrons. The number of alkyl halides is 1. The molecule has 22 heavy (non-hydrogen) atoms. The normalized spacial score (nSPS) is 12.7. The number of hydrogen-bond donors (Lipinski definition) is 0. The summed E-state index contributed by atoms with van der Waals surface area (Å²) in [5, 5.41) is 0.445. The zero-order valence-electron chi connectivity index (χ0n) is 15.7. The van der Waals surface area contributed by atoms with E-state index in [0.717, 1.165) is 0 Å². The van der Waals surface area contributed by atoms with E-state index in [9.17, 15) is 0 Å². The Morgan fingerprint density at radius 2 is 0.727 bits per heavy atom. The first kappa shape index (κ1) is 22.3. The van der Waals surface area contributed by atoms with Crippen LogP contribution in [0.3, 0.4) is 0 Å². The van der Waals surface area contributed by atoms with Gasteiger partial charge in [-0.1, -0.05) is 117 Å². The van der Waals surface area contributed by atoms with Crippen LogP contribution in [0, 0.1) is 0 Å². The summed E-state index contributed by atoms with van der Waals surface area (Å²) < 4.78 is 0. The molecule has 0 aliphatic heterocycles. The van der Waals surface area contributed by atoms with E-state index in [4.69, 9.17) is 11.6 Å². The van der Waals surface area contributed by atoms with E-state index in [-0.39, 0.29) is 0 Å². The minimum Gasteiger partial charge on any atom is -0.123 e. The molecule has 0 saturated heterocycles. The van der Waals surface area contributed by atoms with Crippen LogP contribution in [-0.2, 0) is 0 Å². The van der Waals surface area contributed by atoms with Crippen LogP contribution in [0.1, 0.15) is 129 Å². The molecular weight excluding hydrogens is 288 g/mol.